The molecule has 188 valence electrons. The molecule has 0 fully saturated rings. The Morgan fingerprint density at radius 1 is 0.548 bits per heavy atom. The quantitative estimate of drug-likeness (QED) is 0.124. The van der Waals surface area contributed by atoms with Gasteiger partial charge in [0.15, 0.2) is 0 Å². The maximum Gasteiger partial charge on any atom is 0.0895 e. The van der Waals surface area contributed by atoms with Gasteiger partial charge in [0.1, 0.15) is 0 Å². The predicted molar refractivity (Wildman–Crippen MR) is 142 cm³/mol. The fourth-order valence-corrected chi connectivity index (χ4v) is 5.12. The van der Waals surface area contributed by atoms with Crippen molar-refractivity contribution in [2.45, 2.75) is 155 Å². The number of thioether (sulfide) groups is 1. The van der Waals surface area contributed by atoms with Gasteiger partial charge in [0.05, 0.1) is 12.7 Å². The molecular formula is C28H58O2S. The average Bonchev–Trinajstić information content (AvgIpc) is 2.79. The lowest BCUT2D eigenvalue weighted by Crippen LogP contribution is -2.21. The standard InChI is InChI=1S/C28H58O2S/c1-3-5-7-9-11-13-14-15-16-17-19-21-23-25-31-27-28(26-29)30-24-22-20-18-12-10-8-6-4-2/h28-29H,3-27H2,1-2H3. The molecule has 0 amide bonds. The second kappa shape index (κ2) is 28.3. The van der Waals surface area contributed by atoms with Crippen LogP contribution in [0.4, 0.5) is 0 Å². The van der Waals surface area contributed by atoms with Crippen molar-refractivity contribution in [1.29, 1.82) is 0 Å². The summed E-state index contributed by atoms with van der Waals surface area (Å²) in [7, 11) is 0. The van der Waals surface area contributed by atoms with Crippen molar-refractivity contribution >= 4 is 11.8 Å². The zero-order chi connectivity index (χ0) is 22.7. The molecule has 1 N–H and O–H groups in total. The maximum absolute atomic E-state index is 9.53. The minimum absolute atomic E-state index is 0.0385. The van der Waals surface area contributed by atoms with Gasteiger partial charge in [0, 0.05) is 12.4 Å². The van der Waals surface area contributed by atoms with Crippen molar-refractivity contribution in [3.63, 3.8) is 0 Å². The van der Waals surface area contributed by atoms with Crippen LogP contribution in [0, 0.1) is 0 Å². The summed E-state index contributed by atoms with van der Waals surface area (Å²) < 4.78 is 5.88. The highest BCUT2D eigenvalue weighted by molar-refractivity contribution is 7.99. The summed E-state index contributed by atoms with van der Waals surface area (Å²) >= 11 is 1.96. The van der Waals surface area contributed by atoms with E-state index < -0.39 is 0 Å². The van der Waals surface area contributed by atoms with Crippen LogP contribution in [0.15, 0.2) is 0 Å². The van der Waals surface area contributed by atoms with Crippen LogP contribution in [0.2, 0.25) is 0 Å². The van der Waals surface area contributed by atoms with Gasteiger partial charge in [-0.3, -0.25) is 0 Å². The Hall–Kier alpha value is 0.270. The average molecular weight is 459 g/mol. The summed E-state index contributed by atoms with van der Waals surface area (Å²) in [6.07, 6.45) is 29.1. The van der Waals surface area contributed by atoms with Gasteiger partial charge in [-0.2, -0.15) is 11.8 Å². The summed E-state index contributed by atoms with van der Waals surface area (Å²) in [6.45, 7) is 5.55. The fourth-order valence-electron chi connectivity index (χ4n) is 4.08. The van der Waals surface area contributed by atoms with Crippen LogP contribution in [0.5, 0.6) is 0 Å². The van der Waals surface area contributed by atoms with Gasteiger partial charge in [0.2, 0.25) is 0 Å². The molecular weight excluding hydrogens is 400 g/mol. The van der Waals surface area contributed by atoms with Crippen LogP contribution < -0.4 is 0 Å². The van der Waals surface area contributed by atoms with Gasteiger partial charge in [-0.1, -0.05) is 136 Å². The molecule has 0 heterocycles. The van der Waals surface area contributed by atoms with E-state index in [-0.39, 0.29) is 12.7 Å². The Labute approximate surface area is 201 Å². The highest BCUT2D eigenvalue weighted by Crippen LogP contribution is 2.15. The Morgan fingerprint density at radius 3 is 1.35 bits per heavy atom. The van der Waals surface area contributed by atoms with E-state index in [1.807, 2.05) is 11.8 Å². The molecule has 3 heteroatoms. The highest BCUT2D eigenvalue weighted by Gasteiger charge is 2.07. The molecule has 0 spiro atoms. The number of hydrogen-bond acceptors (Lipinski definition) is 3. The van der Waals surface area contributed by atoms with Crippen molar-refractivity contribution in [2.75, 3.05) is 24.7 Å². The normalized spacial score (nSPS) is 12.5. The van der Waals surface area contributed by atoms with Crippen LogP contribution >= 0.6 is 11.8 Å². The van der Waals surface area contributed by atoms with Crippen LogP contribution in [0.25, 0.3) is 0 Å². The van der Waals surface area contributed by atoms with E-state index in [1.165, 1.54) is 134 Å². The molecule has 0 rings (SSSR count). The number of unbranched alkanes of at least 4 members (excludes halogenated alkanes) is 19. The molecule has 0 aliphatic rings. The molecule has 31 heavy (non-hydrogen) atoms. The van der Waals surface area contributed by atoms with Crippen molar-refractivity contribution in [3.05, 3.63) is 0 Å². The lowest BCUT2D eigenvalue weighted by atomic mass is 10.1. The Balaban J connectivity index is 3.25. The van der Waals surface area contributed by atoms with Gasteiger partial charge in [-0.05, 0) is 18.6 Å². The molecule has 0 saturated carbocycles. The van der Waals surface area contributed by atoms with E-state index in [1.54, 1.807) is 0 Å². The molecule has 2 nitrogen and oxygen atoms in total. The maximum atomic E-state index is 9.53. The number of ether oxygens (including phenoxy) is 1. The highest BCUT2D eigenvalue weighted by atomic mass is 32.2. The third-order valence-corrected chi connectivity index (χ3v) is 7.44. The van der Waals surface area contributed by atoms with E-state index in [0.29, 0.717) is 0 Å². The largest absolute Gasteiger partial charge is 0.394 e. The second-order valence-corrected chi connectivity index (χ2v) is 10.6. The third-order valence-electron chi connectivity index (χ3n) is 6.25. The zero-order valence-electron chi connectivity index (χ0n) is 21.5. The fraction of sp³-hybridized carbons (Fsp3) is 1.00. The van der Waals surface area contributed by atoms with E-state index in [0.717, 1.165) is 18.8 Å². The molecule has 0 aromatic rings. The van der Waals surface area contributed by atoms with Crippen LogP contribution in [0.1, 0.15) is 149 Å². The molecule has 0 aromatic carbocycles. The van der Waals surface area contributed by atoms with Gasteiger partial charge >= 0.3 is 0 Å². The van der Waals surface area contributed by atoms with E-state index in [9.17, 15) is 5.11 Å². The second-order valence-electron chi connectivity index (χ2n) is 9.47. The zero-order valence-corrected chi connectivity index (χ0v) is 22.3. The minimum Gasteiger partial charge on any atom is -0.394 e. The molecule has 1 atom stereocenters. The number of rotatable bonds is 27. The van der Waals surface area contributed by atoms with Crippen molar-refractivity contribution < 1.29 is 9.84 Å². The summed E-state index contributed by atoms with van der Waals surface area (Å²) in [6, 6.07) is 0. The lowest BCUT2D eigenvalue weighted by molar-refractivity contribution is 0.0260. The molecule has 0 aliphatic heterocycles. The smallest absolute Gasteiger partial charge is 0.0895 e. The van der Waals surface area contributed by atoms with Crippen molar-refractivity contribution in [3.8, 4) is 0 Å². The van der Waals surface area contributed by atoms with Gasteiger partial charge in [0.25, 0.3) is 0 Å². The Morgan fingerprint density at radius 2 is 0.935 bits per heavy atom. The number of aliphatic hydroxyl groups is 1. The predicted octanol–water partition coefficient (Wildman–Crippen LogP) is 9.33. The molecule has 0 aliphatic carbocycles. The minimum atomic E-state index is 0.0385. The Bertz CT molecular complexity index is 311. The number of hydrogen-bond donors (Lipinski definition) is 1. The first-order valence-electron chi connectivity index (χ1n) is 14.1. The third kappa shape index (κ3) is 26.4. The van der Waals surface area contributed by atoms with Gasteiger partial charge in [-0.15, -0.1) is 0 Å². The van der Waals surface area contributed by atoms with Gasteiger partial charge in [-0.25, -0.2) is 0 Å². The van der Waals surface area contributed by atoms with Crippen LogP contribution in [0.3, 0.4) is 0 Å². The van der Waals surface area contributed by atoms with Crippen LogP contribution in [-0.4, -0.2) is 35.9 Å². The summed E-state index contributed by atoms with van der Waals surface area (Å²) in [5.41, 5.74) is 0. The summed E-state index contributed by atoms with van der Waals surface area (Å²) in [4.78, 5) is 0. The SMILES string of the molecule is CCCCCCCCCCCCCCCSCC(CO)OCCCCCCCCCC. The summed E-state index contributed by atoms with van der Waals surface area (Å²) in [5.74, 6) is 2.17. The first-order chi connectivity index (χ1) is 15.3. The van der Waals surface area contributed by atoms with Crippen molar-refractivity contribution in [2.24, 2.45) is 0 Å². The first kappa shape index (κ1) is 31.3. The van der Waals surface area contributed by atoms with Crippen LogP contribution in [-0.2, 0) is 4.74 Å². The molecule has 0 radical (unpaired) electrons. The van der Waals surface area contributed by atoms with Gasteiger partial charge < -0.3 is 9.84 Å². The first-order valence-corrected chi connectivity index (χ1v) is 15.3. The number of aliphatic hydroxyl groups excluding tert-OH is 1. The molecule has 0 saturated heterocycles. The lowest BCUT2D eigenvalue weighted by Gasteiger charge is -2.15. The monoisotopic (exact) mass is 458 g/mol. The van der Waals surface area contributed by atoms with E-state index in [2.05, 4.69) is 13.8 Å². The molecule has 0 bridgehead atoms. The van der Waals surface area contributed by atoms with E-state index >= 15 is 0 Å². The Kier molecular flexibility index (Phi) is 28.5. The summed E-state index contributed by atoms with van der Waals surface area (Å²) in [5, 5.41) is 9.53. The molecule has 0 aromatic heterocycles. The topological polar surface area (TPSA) is 29.5 Å². The molecule has 1 unspecified atom stereocenters. The van der Waals surface area contributed by atoms with E-state index in [4.69, 9.17) is 4.74 Å². The van der Waals surface area contributed by atoms with Crippen molar-refractivity contribution in [1.82, 2.24) is 0 Å².